The number of para-hydroxylation sites is 1. The third-order valence-corrected chi connectivity index (χ3v) is 8.56. The molecule has 0 aliphatic carbocycles. The zero-order chi connectivity index (χ0) is 32.2. The second-order valence-electron chi connectivity index (χ2n) is 12.0. The van der Waals surface area contributed by atoms with E-state index < -0.39 is 18.5 Å². The largest absolute Gasteiger partial charge is 0.480 e. The molecule has 4 rings (SSSR count). The maximum Gasteiger partial charge on any atom is 0.323 e. The summed E-state index contributed by atoms with van der Waals surface area (Å²) < 4.78 is 0. The summed E-state index contributed by atoms with van der Waals surface area (Å²) in [7, 11) is 0. The molecule has 1 aromatic heterocycles. The zero-order valence-corrected chi connectivity index (χ0v) is 27.7. The molecule has 0 spiro atoms. The summed E-state index contributed by atoms with van der Waals surface area (Å²) in [6.45, 7) is 10.5. The summed E-state index contributed by atoms with van der Waals surface area (Å²) in [6, 6.07) is 26.2. The van der Waals surface area contributed by atoms with E-state index in [1.165, 1.54) is 58.7 Å². The van der Waals surface area contributed by atoms with Gasteiger partial charge in [-0.3, -0.25) is 4.79 Å². The van der Waals surface area contributed by atoms with Crippen molar-refractivity contribution in [3.63, 3.8) is 0 Å². The lowest BCUT2D eigenvalue weighted by Gasteiger charge is -2.28. The van der Waals surface area contributed by atoms with Crippen LogP contribution in [-0.2, 0) is 17.9 Å². The molecule has 0 radical (unpaired) electrons. The maximum absolute atomic E-state index is 12.8. The van der Waals surface area contributed by atoms with Crippen molar-refractivity contribution in [3.05, 3.63) is 100 Å². The van der Waals surface area contributed by atoms with Crippen LogP contribution in [-0.4, -0.2) is 40.1 Å². The molecule has 2 N–H and O–H groups in total. The monoisotopic (exact) mass is 626 g/mol. The number of nitrogens with one attached hydrogen (secondary N) is 1. The fourth-order valence-electron chi connectivity index (χ4n) is 5.60. The number of hydrogen-bond donors (Lipinski definition) is 2. The molecule has 45 heavy (non-hydrogen) atoms. The molecule has 0 bridgehead atoms. The van der Waals surface area contributed by atoms with Crippen LogP contribution in [0.15, 0.2) is 84.2 Å². The fraction of sp³-hybridized carbons (Fsp3) is 0.378. The van der Waals surface area contributed by atoms with Crippen LogP contribution in [0.3, 0.4) is 0 Å². The Bertz CT molecular complexity index is 1480. The van der Waals surface area contributed by atoms with Crippen molar-refractivity contribution >= 4 is 34.7 Å². The summed E-state index contributed by atoms with van der Waals surface area (Å²) in [5.41, 5.74) is 6.31. The van der Waals surface area contributed by atoms with Crippen molar-refractivity contribution in [1.82, 2.24) is 9.88 Å². The van der Waals surface area contributed by atoms with Gasteiger partial charge in [0.05, 0.1) is 12.2 Å². The molecule has 0 saturated heterocycles. The number of hydrogen-bond acceptors (Lipinski definition) is 5. The average Bonchev–Trinajstić information content (AvgIpc) is 3.49. The van der Waals surface area contributed by atoms with E-state index in [1.807, 2.05) is 23.6 Å². The van der Waals surface area contributed by atoms with E-state index in [2.05, 4.69) is 86.4 Å². The second-order valence-corrected chi connectivity index (χ2v) is 13.0. The Morgan fingerprint density at radius 3 is 2.16 bits per heavy atom. The number of thiazole rings is 1. The third kappa shape index (κ3) is 10.2. The van der Waals surface area contributed by atoms with Crippen LogP contribution >= 0.6 is 11.3 Å². The quantitative estimate of drug-likeness (QED) is 0.129. The van der Waals surface area contributed by atoms with Gasteiger partial charge in [-0.2, -0.15) is 0 Å². The number of carboxylic acid groups (broad SMARTS) is 1. The first-order chi connectivity index (χ1) is 21.7. The van der Waals surface area contributed by atoms with E-state index in [-0.39, 0.29) is 6.54 Å². The van der Waals surface area contributed by atoms with E-state index in [0.717, 1.165) is 24.3 Å². The Hall–Kier alpha value is -4.17. The van der Waals surface area contributed by atoms with Gasteiger partial charge in [-0.15, -0.1) is 11.3 Å². The molecule has 0 aliphatic rings. The fourth-order valence-corrected chi connectivity index (χ4v) is 6.42. The SMILES string of the molecule is CCCC(CCC)c1ccc(N(Cc2ccc(-c3csc(CN(CC(=O)O)C(=O)Nc4ccccc4)n3)cc2)CC(C)C)cc1. The molecule has 1 heterocycles. The minimum absolute atomic E-state index is 0.105. The molecule has 7 nitrogen and oxygen atoms in total. The van der Waals surface area contributed by atoms with E-state index in [1.54, 1.807) is 12.1 Å². The highest BCUT2D eigenvalue weighted by atomic mass is 32.1. The third-order valence-electron chi connectivity index (χ3n) is 7.73. The van der Waals surface area contributed by atoms with Gasteiger partial charge in [-0.25, -0.2) is 9.78 Å². The highest BCUT2D eigenvalue weighted by Crippen LogP contribution is 2.29. The molecule has 0 unspecified atom stereocenters. The van der Waals surface area contributed by atoms with Crippen molar-refractivity contribution in [1.29, 1.82) is 0 Å². The molecular formula is C37H46N4O3S. The van der Waals surface area contributed by atoms with E-state index in [9.17, 15) is 14.7 Å². The first-order valence-electron chi connectivity index (χ1n) is 16.0. The average molecular weight is 627 g/mol. The number of aliphatic carboxylic acids is 1. The number of carbonyl (C=O) groups excluding carboxylic acids is 1. The Kier molecular flexibility index (Phi) is 12.6. The van der Waals surface area contributed by atoms with Crippen LogP contribution in [0.1, 0.15) is 75.4 Å². The molecule has 3 aromatic carbocycles. The summed E-state index contributed by atoms with van der Waals surface area (Å²) in [5.74, 6) is 0.0871. The molecule has 8 heteroatoms. The highest BCUT2D eigenvalue weighted by Gasteiger charge is 2.20. The topological polar surface area (TPSA) is 85.8 Å². The molecular weight excluding hydrogens is 580 g/mol. The molecule has 0 fully saturated rings. The summed E-state index contributed by atoms with van der Waals surface area (Å²) in [5, 5.41) is 14.8. The predicted molar refractivity (Wildman–Crippen MR) is 186 cm³/mol. The lowest BCUT2D eigenvalue weighted by Crippen LogP contribution is -2.38. The van der Waals surface area contributed by atoms with Gasteiger partial charge in [0, 0.05) is 35.4 Å². The van der Waals surface area contributed by atoms with Crippen molar-refractivity contribution in [2.75, 3.05) is 23.3 Å². The van der Waals surface area contributed by atoms with Crippen LogP contribution in [0.5, 0.6) is 0 Å². The summed E-state index contributed by atoms with van der Waals surface area (Å²) in [6.07, 6.45) is 4.89. The number of benzene rings is 3. The zero-order valence-electron chi connectivity index (χ0n) is 26.9. The Morgan fingerprint density at radius 2 is 1.56 bits per heavy atom. The molecule has 0 saturated carbocycles. The number of anilines is 2. The number of urea groups is 1. The normalized spacial score (nSPS) is 11.2. The molecule has 0 atom stereocenters. The lowest BCUT2D eigenvalue weighted by atomic mass is 9.90. The van der Waals surface area contributed by atoms with Gasteiger partial charge in [-0.05, 0) is 60.1 Å². The second kappa shape index (κ2) is 16.8. The van der Waals surface area contributed by atoms with Crippen LogP contribution in [0.25, 0.3) is 11.3 Å². The highest BCUT2D eigenvalue weighted by molar-refractivity contribution is 7.09. The molecule has 2 amide bonds. The number of aromatic nitrogens is 1. The minimum atomic E-state index is -1.08. The Labute approximate surface area is 271 Å². The van der Waals surface area contributed by atoms with Crippen LogP contribution in [0, 0.1) is 5.92 Å². The van der Waals surface area contributed by atoms with E-state index >= 15 is 0 Å². The van der Waals surface area contributed by atoms with Crippen molar-refractivity contribution in [3.8, 4) is 11.3 Å². The van der Waals surface area contributed by atoms with Gasteiger partial charge in [0.15, 0.2) is 0 Å². The van der Waals surface area contributed by atoms with Gasteiger partial charge in [0.2, 0.25) is 0 Å². The van der Waals surface area contributed by atoms with Crippen LogP contribution in [0.2, 0.25) is 0 Å². The summed E-state index contributed by atoms with van der Waals surface area (Å²) in [4.78, 5) is 32.8. The predicted octanol–water partition coefficient (Wildman–Crippen LogP) is 9.28. The smallest absolute Gasteiger partial charge is 0.323 e. The van der Waals surface area contributed by atoms with E-state index in [4.69, 9.17) is 4.98 Å². The van der Waals surface area contributed by atoms with Gasteiger partial charge in [0.25, 0.3) is 0 Å². The van der Waals surface area contributed by atoms with Crippen LogP contribution in [0.4, 0.5) is 16.2 Å². The van der Waals surface area contributed by atoms with Crippen LogP contribution < -0.4 is 10.2 Å². The molecule has 0 aliphatic heterocycles. The lowest BCUT2D eigenvalue weighted by molar-refractivity contribution is -0.137. The van der Waals surface area contributed by atoms with Crippen molar-refractivity contribution in [2.24, 2.45) is 5.92 Å². The van der Waals surface area contributed by atoms with Gasteiger partial charge >= 0.3 is 12.0 Å². The first-order valence-corrected chi connectivity index (χ1v) is 16.8. The van der Waals surface area contributed by atoms with Crippen molar-refractivity contribution in [2.45, 2.75) is 72.4 Å². The summed E-state index contributed by atoms with van der Waals surface area (Å²) >= 11 is 1.42. The van der Waals surface area contributed by atoms with E-state index in [0.29, 0.717) is 22.5 Å². The number of carboxylic acids is 1. The minimum Gasteiger partial charge on any atom is -0.480 e. The number of amides is 2. The van der Waals surface area contributed by atoms with Gasteiger partial charge < -0.3 is 20.2 Å². The molecule has 238 valence electrons. The number of rotatable bonds is 16. The van der Waals surface area contributed by atoms with Gasteiger partial charge in [0.1, 0.15) is 11.6 Å². The number of carbonyl (C=O) groups is 2. The van der Waals surface area contributed by atoms with Gasteiger partial charge in [-0.1, -0.05) is 95.1 Å². The number of nitrogens with zero attached hydrogens (tertiary/aromatic N) is 3. The standard InChI is InChI=1S/C37H46N4O3S/c1-5-10-29(11-6-2)30-18-20-33(21-19-30)40(22-27(3)4)23-28-14-16-31(17-15-28)34-26-45-35(39-34)24-41(25-36(42)43)37(44)38-32-12-8-7-9-13-32/h7-9,12-21,26-27,29H,5-6,10-11,22-25H2,1-4H3,(H,38,44)(H,42,43). The Morgan fingerprint density at radius 1 is 0.889 bits per heavy atom. The maximum atomic E-state index is 12.8. The van der Waals surface area contributed by atoms with Crippen molar-refractivity contribution < 1.29 is 14.7 Å². The Balaban J connectivity index is 1.43. The first kappa shape index (κ1) is 33.7. The molecule has 4 aromatic rings.